The Morgan fingerprint density at radius 2 is 2.29 bits per heavy atom. The molecule has 2 N–H and O–H groups in total. The number of aromatic amines is 1. The van der Waals surface area contributed by atoms with Crippen molar-refractivity contribution in [2.45, 2.75) is 26.3 Å². The van der Waals surface area contributed by atoms with Crippen LogP contribution in [0.4, 0.5) is 0 Å². The topological polar surface area (TPSA) is 75.1 Å². The first-order valence-electron chi connectivity index (χ1n) is 5.57. The molecule has 0 spiro atoms. The normalized spacial score (nSPS) is 28.2. The van der Waals surface area contributed by atoms with Crippen molar-refractivity contribution in [2.75, 3.05) is 6.61 Å². The second-order valence-electron chi connectivity index (χ2n) is 4.86. The van der Waals surface area contributed by atoms with Crippen LogP contribution in [0.1, 0.15) is 26.3 Å². The minimum atomic E-state index is -0.409. The lowest BCUT2D eigenvalue weighted by Gasteiger charge is -2.24. The second-order valence-corrected chi connectivity index (χ2v) is 4.86. The molecule has 0 aliphatic heterocycles. The molecule has 1 aliphatic carbocycles. The number of nitrogens with zero attached hydrogens (tertiary/aromatic N) is 1. The summed E-state index contributed by atoms with van der Waals surface area (Å²) in [5.74, 6) is 0. The van der Waals surface area contributed by atoms with Gasteiger partial charge >= 0.3 is 5.69 Å². The average Bonchev–Trinajstić information content (AvgIpc) is 2.56. The van der Waals surface area contributed by atoms with E-state index in [0.29, 0.717) is 6.42 Å². The summed E-state index contributed by atoms with van der Waals surface area (Å²) in [4.78, 5) is 24.9. The highest BCUT2D eigenvalue weighted by Gasteiger charge is 2.35. The zero-order chi connectivity index (χ0) is 12.6. The number of hydrogen-bond acceptors (Lipinski definition) is 3. The first kappa shape index (κ1) is 11.9. The van der Waals surface area contributed by atoms with Crippen molar-refractivity contribution in [2.24, 2.45) is 5.41 Å². The Kier molecular flexibility index (Phi) is 2.79. The maximum absolute atomic E-state index is 11.6. The number of rotatable bonds is 2. The van der Waals surface area contributed by atoms with Crippen LogP contribution in [-0.2, 0) is 0 Å². The lowest BCUT2D eigenvalue weighted by atomic mass is 9.85. The van der Waals surface area contributed by atoms with Crippen molar-refractivity contribution in [1.29, 1.82) is 0 Å². The fourth-order valence-corrected chi connectivity index (χ4v) is 2.23. The molecule has 5 nitrogen and oxygen atoms in total. The monoisotopic (exact) mass is 236 g/mol. The van der Waals surface area contributed by atoms with Gasteiger partial charge in [0, 0.05) is 17.7 Å². The molecule has 0 saturated heterocycles. The molecule has 1 aromatic rings. The van der Waals surface area contributed by atoms with E-state index < -0.39 is 11.2 Å². The smallest absolute Gasteiger partial charge is 0.328 e. The molecular weight excluding hydrogens is 220 g/mol. The summed E-state index contributed by atoms with van der Waals surface area (Å²) >= 11 is 0. The molecule has 0 radical (unpaired) electrons. The van der Waals surface area contributed by atoms with E-state index in [4.69, 9.17) is 0 Å². The highest BCUT2D eigenvalue weighted by Crippen LogP contribution is 2.42. The van der Waals surface area contributed by atoms with Crippen molar-refractivity contribution >= 4 is 0 Å². The first-order chi connectivity index (χ1) is 7.96. The second kappa shape index (κ2) is 4.00. The van der Waals surface area contributed by atoms with E-state index >= 15 is 0 Å². The van der Waals surface area contributed by atoms with Crippen LogP contribution in [0.5, 0.6) is 0 Å². The SMILES string of the molecule is CC1=C[C@H](n2ccc(=O)[nH]c2=O)C[C@]1(C)CO. The molecule has 17 heavy (non-hydrogen) atoms. The van der Waals surface area contributed by atoms with E-state index in [9.17, 15) is 14.7 Å². The van der Waals surface area contributed by atoms with Gasteiger partial charge in [0.1, 0.15) is 0 Å². The van der Waals surface area contributed by atoms with Crippen LogP contribution < -0.4 is 11.2 Å². The Balaban J connectivity index is 2.39. The summed E-state index contributed by atoms with van der Waals surface area (Å²) in [6, 6.07) is 1.23. The van der Waals surface area contributed by atoms with E-state index in [-0.39, 0.29) is 18.1 Å². The zero-order valence-corrected chi connectivity index (χ0v) is 9.93. The van der Waals surface area contributed by atoms with Gasteiger partial charge in [-0.1, -0.05) is 18.6 Å². The summed E-state index contributed by atoms with van der Waals surface area (Å²) in [5, 5.41) is 9.39. The van der Waals surface area contributed by atoms with Crippen LogP contribution in [0.15, 0.2) is 33.5 Å². The summed E-state index contributed by atoms with van der Waals surface area (Å²) < 4.78 is 1.49. The minimum absolute atomic E-state index is 0.0595. The van der Waals surface area contributed by atoms with E-state index in [1.54, 1.807) is 0 Å². The number of aromatic nitrogens is 2. The van der Waals surface area contributed by atoms with E-state index in [2.05, 4.69) is 4.98 Å². The van der Waals surface area contributed by atoms with Crippen LogP contribution in [0.2, 0.25) is 0 Å². The standard InChI is InChI=1S/C12H16N2O3/c1-8-5-9(6-12(8,2)7-15)14-4-3-10(16)13-11(14)17/h3-5,9,15H,6-7H2,1-2H3,(H,13,16,17)/t9-,12+/m0/s1. The molecule has 5 heteroatoms. The largest absolute Gasteiger partial charge is 0.395 e. The van der Waals surface area contributed by atoms with Crippen molar-refractivity contribution in [3.8, 4) is 0 Å². The molecule has 0 aromatic carbocycles. The molecule has 1 aliphatic rings. The van der Waals surface area contributed by atoms with Gasteiger partial charge in [-0.25, -0.2) is 4.79 Å². The highest BCUT2D eigenvalue weighted by molar-refractivity contribution is 5.21. The van der Waals surface area contributed by atoms with Crippen LogP contribution in [0.3, 0.4) is 0 Å². The molecule has 2 rings (SSSR count). The Bertz CT molecular complexity index is 570. The van der Waals surface area contributed by atoms with Gasteiger partial charge in [0.2, 0.25) is 0 Å². The predicted molar refractivity (Wildman–Crippen MR) is 63.9 cm³/mol. The Labute approximate surface area is 98.4 Å². The van der Waals surface area contributed by atoms with Gasteiger partial charge in [0.15, 0.2) is 0 Å². The lowest BCUT2D eigenvalue weighted by Crippen LogP contribution is -2.31. The molecule has 0 bridgehead atoms. The summed E-state index contributed by atoms with van der Waals surface area (Å²) in [5.41, 5.74) is -0.00744. The quantitative estimate of drug-likeness (QED) is 0.731. The van der Waals surface area contributed by atoms with E-state index in [0.717, 1.165) is 5.57 Å². The summed E-state index contributed by atoms with van der Waals surface area (Å²) in [6.07, 6.45) is 4.13. The fraction of sp³-hybridized carbons (Fsp3) is 0.500. The van der Waals surface area contributed by atoms with Gasteiger partial charge in [0.05, 0.1) is 12.6 Å². The lowest BCUT2D eigenvalue weighted by molar-refractivity contribution is 0.165. The molecule has 1 aromatic heterocycles. The molecule has 0 fully saturated rings. The van der Waals surface area contributed by atoms with Crippen LogP contribution >= 0.6 is 0 Å². The van der Waals surface area contributed by atoms with Gasteiger partial charge in [-0.15, -0.1) is 0 Å². The first-order valence-corrected chi connectivity index (χ1v) is 5.57. The van der Waals surface area contributed by atoms with Crippen LogP contribution in [0.25, 0.3) is 0 Å². The number of nitrogens with one attached hydrogen (secondary N) is 1. The third-order valence-corrected chi connectivity index (χ3v) is 3.61. The number of aliphatic hydroxyl groups is 1. The van der Waals surface area contributed by atoms with Gasteiger partial charge in [-0.05, 0) is 13.3 Å². The van der Waals surface area contributed by atoms with Gasteiger partial charge in [-0.3, -0.25) is 14.3 Å². The molecule has 0 amide bonds. The molecule has 0 unspecified atom stereocenters. The average molecular weight is 236 g/mol. The third-order valence-electron chi connectivity index (χ3n) is 3.61. The van der Waals surface area contributed by atoms with Crippen LogP contribution in [-0.4, -0.2) is 21.3 Å². The minimum Gasteiger partial charge on any atom is -0.395 e. The molecule has 92 valence electrons. The predicted octanol–water partition coefficient (Wildman–Crippen LogP) is 0.426. The maximum Gasteiger partial charge on any atom is 0.328 e. The molecule has 1 heterocycles. The number of aliphatic hydroxyl groups excluding tert-OH is 1. The number of allylic oxidation sites excluding steroid dienone is 1. The van der Waals surface area contributed by atoms with E-state index in [1.165, 1.54) is 16.8 Å². The Hall–Kier alpha value is -1.62. The van der Waals surface area contributed by atoms with Gasteiger partial charge in [0.25, 0.3) is 5.56 Å². The fourth-order valence-electron chi connectivity index (χ4n) is 2.23. The molecule has 2 atom stereocenters. The van der Waals surface area contributed by atoms with Crippen LogP contribution in [0, 0.1) is 5.41 Å². The summed E-state index contributed by atoms with van der Waals surface area (Å²) in [7, 11) is 0. The number of hydrogen-bond donors (Lipinski definition) is 2. The number of H-pyrrole nitrogens is 1. The van der Waals surface area contributed by atoms with Crippen molar-refractivity contribution in [1.82, 2.24) is 9.55 Å². The zero-order valence-electron chi connectivity index (χ0n) is 9.93. The van der Waals surface area contributed by atoms with Gasteiger partial charge in [-0.2, -0.15) is 0 Å². The Morgan fingerprint density at radius 3 is 2.82 bits per heavy atom. The van der Waals surface area contributed by atoms with Gasteiger partial charge < -0.3 is 5.11 Å². The molecular formula is C12H16N2O3. The molecule has 0 saturated carbocycles. The Morgan fingerprint density at radius 1 is 1.59 bits per heavy atom. The highest BCUT2D eigenvalue weighted by atomic mass is 16.3. The summed E-state index contributed by atoms with van der Waals surface area (Å²) in [6.45, 7) is 3.98. The van der Waals surface area contributed by atoms with E-state index in [1.807, 2.05) is 19.9 Å². The van der Waals surface area contributed by atoms with Crippen molar-refractivity contribution in [3.63, 3.8) is 0 Å². The van der Waals surface area contributed by atoms with Crippen molar-refractivity contribution in [3.05, 3.63) is 44.8 Å². The van der Waals surface area contributed by atoms with Crippen molar-refractivity contribution < 1.29 is 5.11 Å². The third kappa shape index (κ3) is 1.98. The maximum atomic E-state index is 11.6.